The number of methoxy groups -OCH3 is 1. The zero-order valence-corrected chi connectivity index (χ0v) is 16.6. The van der Waals surface area contributed by atoms with Gasteiger partial charge in [0.05, 0.1) is 24.4 Å². The zero-order chi connectivity index (χ0) is 21.3. The fourth-order valence-corrected chi connectivity index (χ4v) is 2.86. The number of nitrogens with one attached hydrogen (secondary N) is 2. The summed E-state index contributed by atoms with van der Waals surface area (Å²) < 4.78 is 5.32. The van der Waals surface area contributed by atoms with Gasteiger partial charge in [-0.15, -0.1) is 0 Å². The highest BCUT2D eigenvalue weighted by molar-refractivity contribution is 5.73. The third kappa shape index (κ3) is 5.28. The molecule has 0 spiro atoms. The molecule has 0 aliphatic rings. The molecule has 7 heteroatoms. The molecule has 3 aromatic rings. The fraction of sp³-hybridized carbons (Fsp3) is 0.130. The number of hydrogen-bond donors (Lipinski definition) is 3. The van der Waals surface area contributed by atoms with Crippen molar-refractivity contribution < 1.29 is 14.7 Å². The van der Waals surface area contributed by atoms with Gasteiger partial charge in [0.2, 0.25) is 5.88 Å². The SMILES string of the molecule is C=C(NOCc1ccc(C#N)cc1OC)c1ccccc1NCc1ccnc(O)c1. The Kier molecular flexibility index (Phi) is 6.87. The Hall–Kier alpha value is -4.02. The molecule has 0 unspecified atom stereocenters. The molecule has 0 amide bonds. The Labute approximate surface area is 175 Å². The lowest BCUT2D eigenvalue weighted by atomic mass is 10.1. The van der Waals surface area contributed by atoms with E-state index in [0.717, 1.165) is 22.4 Å². The minimum Gasteiger partial charge on any atom is -0.496 e. The number of benzene rings is 2. The third-order valence-corrected chi connectivity index (χ3v) is 4.38. The first-order chi connectivity index (χ1) is 14.6. The van der Waals surface area contributed by atoms with Crippen LogP contribution in [0, 0.1) is 11.3 Å². The topological polar surface area (TPSA) is 99.4 Å². The molecule has 152 valence electrons. The van der Waals surface area contributed by atoms with Crippen LogP contribution in [0.25, 0.3) is 5.70 Å². The number of aromatic nitrogens is 1. The predicted molar refractivity (Wildman–Crippen MR) is 114 cm³/mol. The first kappa shape index (κ1) is 20.7. The molecule has 1 heterocycles. The maximum atomic E-state index is 9.51. The number of rotatable bonds is 9. The van der Waals surface area contributed by atoms with Crippen LogP contribution in [-0.2, 0) is 18.0 Å². The van der Waals surface area contributed by atoms with Crippen LogP contribution in [0.3, 0.4) is 0 Å². The van der Waals surface area contributed by atoms with E-state index in [0.29, 0.717) is 23.6 Å². The van der Waals surface area contributed by atoms with Crippen LogP contribution in [0.4, 0.5) is 5.69 Å². The van der Waals surface area contributed by atoms with Crippen molar-refractivity contribution in [1.29, 1.82) is 5.26 Å². The summed E-state index contributed by atoms with van der Waals surface area (Å²) in [5.74, 6) is 0.574. The average Bonchev–Trinajstić information content (AvgIpc) is 2.78. The Bertz CT molecular complexity index is 1080. The molecule has 0 saturated heterocycles. The predicted octanol–water partition coefficient (Wildman–Crippen LogP) is 3.97. The average molecular weight is 402 g/mol. The summed E-state index contributed by atoms with van der Waals surface area (Å²) in [5.41, 5.74) is 7.41. The number of hydroxylamine groups is 1. The van der Waals surface area contributed by atoms with Gasteiger partial charge in [0.1, 0.15) is 12.4 Å². The molecule has 2 aromatic carbocycles. The summed E-state index contributed by atoms with van der Waals surface area (Å²) >= 11 is 0. The molecule has 0 aliphatic heterocycles. The highest BCUT2D eigenvalue weighted by Gasteiger charge is 2.08. The summed E-state index contributed by atoms with van der Waals surface area (Å²) in [6.45, 7) is 4.81. The number of anilines is 1. The number of nitrogens with zero attached hydrogens (tertiary/aromatic N) is 2. The van der Waals surface area contributed by atoms with Gasteiger partial charge in [-0.2, -0.15) is 5.26 Å². The summed E-state index contributed by atoms with van der Waals surface area (Å²) in [6.07, 6.45) is 1.56. The van der Waals surface area contributed by atoms with Crippen molar-refractivity contribution in [3.8, 4) is 17.7 Å². The second-order valence-corrected chi connectivity index (χ2v) is 6.43. The number of nitriles is 1. The molecular formula is C23H22N4O3. The Balaban J connectivity index is 1.61. The minimum atomic E-state index is -0.0136. The Morgan fingerprint density at radius 1 is 1.20 bits per heavy atom. The smallest absolute Gasteiger partial charge is 0.211 e. The largest absolute Gasteiger partial charge is 0.496 e. The van der Waals surface area contributed by atoms with Crippen LogP contribution in [0.5, 0.6) is 11.6 Å². The van der Waals surface area contributed by atoms with Gasteiger partial charge in [0, 0.05) is 35.6 Å². The van der Waals surface area contributed by atoms with Crippen molar-refractivity contribution in [3.63, 3.8) is 0 Å². The molecular weight excluding hydrogens is 380 g/mol. The van der Waals surface area contributed by atoms with Gasteiger partial charge in [-0.1, -0.05) is 30.8 Å². The molecule has 3 rings (SSSR count). The Morgan fingerprint density at radius 3 is 2.80 bits per heavy atom. The second-order valence-electron chi connectivity index (χ2n) is 6.43. The molecule has 30 heavy (non-hydrogen) atoms. The standard InChI is InChI=1S/C23H22N4O3/c1-16(27-30-15-19-8-7-17(13-24)11-22(19)29-2)20-5-3-4-6-21(20)26-14-18-9-10-25-23(28)12-18/h3-12,26-27H,1,14-15H2,2H3,(H,25,28). The first-order valence-corrected chi connectivity index (χ1v) is 9.21. The van der Waals surface area contributed by atoms with Gasteiger partial charge in [-0.3, -0.25) is 10.3 Å². The lowest BCUT2D eigenvalue weighted by Gasteiger charge is -2.16. The number of ether oxygens (including phenoxy) is 1. The normalized spacial score (nSPS) is 10.1. The summed E-state index contributed by atoms with van der Waals surface area (Å²) in [7, 11) is 1.55. The lowest BCUT2D eigenvalue weighted by molar-refractivity contribution is 0.0635. The van der Waals surface area contributed by atoms with Crippen molar-refractivity contribution in [1.82, 2.24) is 10.5 Å². The Morgan fingerprint density at radius 2 is 2.03 bits per heavy atom. The zero-order valence-electron chi connectivity index (χ0n) is 16.6. The van der Waals surface area contributed by atoms with Crippen LogP contribution in [0.1, 0.15) is 22.3 Å². The van der Waals surface area contributed by atoms with E-state index < -0.39 is 0 Å². The molecule has 0 saturated carbocycles. The summed E-state index contributed by atoms with van der Waals surface area (Å²) in [5, 5.41) is 21.8. The van der Waals surface area contributed by atoms with Gasteiger partial charge in [0.15, 0.2) is 0 Å². The van der Waals surface area contributed by atoms with E-state index in [-0.39, 0.29) is 12.5 Å². The van der Waals surface area contributed by atoms with Crippen molar-refractivity contribution in [2.75, 3.05) is 12.4 Å². The van der Waals surface area contributed by atoms with Gasteiger partial charge in [0.25, 0.3) is 0 Å². The van der Waals surface area contributed by atoms with Crippen LogP contribution < -0.4 is 15.5 Å². The third-order valence-electron chi connectivity index (χ3n) is 4.38. The minimum absolute atomic E-state index is 0.0136. The van der Waals surface area contributed by atoms with Crippen molar-refractivity contribution in [3.05, 3.63) is 89.6 Å². The first-order valence-electron chi connectivity index (χ1n) is 9.21. The maximum absolute atomic E-state index is 9.51. The van der Waals surface area contributed by atoms with Crippen molar-refractivity contribution in [2.24, 2.45) is 0 Å². The molecule has 0 radical (unpaired) electrons. The van der Waals surface area contributed by atoms with Crippen LogP contribution in [0.2, 0.25) is 0 Å². The molecule has 0 fully saturated rings. The van der Waals surface area contributed by atoms with Crippen LogP contribution in [-0.4, -0.2) is 17.2 Å². The number of pyridine rings is 1. The van der Waals surface area contributed by atoms with E-state index in [2.05, 4.69) is 28.4 Å². The van der Waals surface area contributed by atoms with Gasteiger partial charge in [-0.05, 0) is 29.8 Å². The summed E-state index contributed by atoms with van der Waals surface area (Å²) in [6, 6.07) is 18.4. The van der Waals surface area contributed by atoms with E-state index in [1.807, 2.05) is 30.3 Å². The van der Waals surface area contributed by atoms with Crippen LogP contribution in [0.15, 0.2) is 67.4 Å². The number of hydrogen-bond acceptors (Lipinski definition) is 7. The van der Waals surface area contributed by atoms with Crippen molar-refractivity contribution >= 4 is 11.4 Å². The van der Waals surface area contributed by atoms with E-state index >= 15 is 0 Å². The highest BCUT2D eigenvalue weighted by atomic mass is 16.6. The monoisotopic (exact) mass is 402 g/mol. The highest BCUT2D eigenvalue weighted by Crippen LogP contribution is 2.23. The van der Waals surface area contributed by atoms with E-state index in [1.54, 1.807) is 37.6 Å². The van der Waals surface area contributed by atoms with Gasteiger partial charge < -0.3 is 15.2 Å². The van der Waals surface area contributed by atoms with E-state index in [9.17, 15) is 5.11 Å². The van der Waals surface area contributed by atoms with Gasteiger partial charge >= 0.3 is 0 Å². The molecule has 1 aromatic heterocycles. The molecule has 0 bridgehead atoms. The van der Waals surface area contributed by atoms with Crippen LogP contribution >= 0.6 is 0 Å². The lowest BCUT2D eigenvalue weighted by Crippen LogP contribution is -2.14. The number of aromatic hydroxyl groups is 1. The van der Waals surface area contributed by atoms with E-state index in [1.165, 1.54) is 0 Å². The van der Waals surface area contributed by atoms with E-state index in [4.69, 9.17) is 14.8 Å². The second kappa shape index (κ2) is 9.96. The van der Waals surface area contributed by atoms with Gasteiger partial charge in [-0.25, -0.2) is 4.98 Å². The quantitative estimate of drug-likeness (QED) is 0.466. The molecule has 3 N–H and O–H groups in total. The molecule has 7 nitrogen and oxygen atoms in total. The molecule has 0 aliphatic carbocycles. The summed E-state index contributed by atoms with van der Waals surface area (Å²) in [4.78, 5) is 9.39. The van der Waals surface area contributed by atoms with Crippen molar-refractivity contribution in [2.45, 2.75) is 13.2 Å². The molecule has 0 atom stereocenters. The maximum Gasteiger partial charge on any atom is 0.211 e. The fourth-order valence-electron chi connectivity index (χ4n) is 2.86. The number of para-hydroxylation sites is 1.